The molecule has 2 heterocycles. The number of carbonyl (C=O) groups is 2. The molecule has 36 heavy (non-hydrogen) atoms. The van der Waals surface area contributed by atoms with Gasteiger partial charge < -0.3 is 5.11 Å². The molecule has 0 unspecified atom stereocenters. The highest BCUT2D eigenvalue weighted by Gasteiger charge is 2.33. The molecule has 1 fully saturated rings. The van der Waals surface area contributed by atoms with Crippen LogP contribution in [0.15, 0.2) is 30.5 Å². The zero-order chi connectivity index (χ0) is 26.5. The van der Waals surface area contributed by atoms with E-state index < -0.39 is 29.5 Å². The third-order valence-electron chi connectivity index (χ3n) is 6.92. The van der Waals surface area contributed by atoms with Crippen molar-refractivity contribution < 1.29 is 27.9 Å². The molecule has 1 aliphatic rings. The summed E-state index contributed by atoms with van der Waals surface area (Å²) in [5, 5.41) is 10.0. The normalized spacial score (nSPS) is 19.1. The Morgan fingerprint density at radius 1 is 1.14 bits per heavy atom. The zero-order valence-electron chi connectivity index (χ0n) is 19.9. The molecule has 0 spiro atoms. The molecule has 0 bridgehead atoms. The van der Waals surface area contributed by atoms with Crippen LogP contribution in [0, 0.1) is 25.7 Å². The molecule has 2 aromatic carbocycles. The minimum absolute atomic E-state index is 0.0396. The highest BCUT2D eigenvalue weighted by atomic mass is 35.5. The molecule has 0 radical (unpaired) electrons. The summed E-state index contributed by atoms with van der Waals surface area (Å²) in [6.45, 7) is 6.63. The van der Waals surface area contributed by atoms with Crippen molar-refractivity contribution in [1.29, 1.82) is 0 Å². The third-order valence-corrected chi connectivity index (χ3v) is 7.67. The van der Waals surface area contributed by atoms with E-state index >= 15 is 0 Å². The first-order valence-electron chi connectivity index (χ1n) is 11.5. The summed E-state index contributed by atoms with van der Waals surface area (Å²) in [7, 11) is 0. The van der Waals surface area contributed by atoms with Crippen molar-refractivity contribution in [3.8, 4) is 0 Å². The van der Waals surface area contributed by atoms with Crippen LogP contribution in [-0.2, 0) is 17.5 Å². The number of hydrogen-bond acceptors (Lipinski definition) is 3. The molecule has 10 heteroatoms. The smallest absolute Gasteiger partial charge is 0.416 e. The highest BCUT2D eigenvalue weighted by Crippen LogP contribution is 2.37. The number of carbonyl (C=O) groups excluding carboxylic acids is 1. The van der Waals surface area contributed by atoms with Gasteiger partial charge in [-0.2, -0.15) is 13.2 Å². The zero-order valence-corrected chi connectivity index (χ0v) is 21.4. The van der Waals surface area contributed by atoms with Gasteiger partial charge in [-0.3, -0.25) is 19.1 Å². The molecule has 5 nitrogen and oxygen atoms in total. The third kappa shape index (κ3) is 4.86. The van der Waals surface area contributed by atoms with Gasteiger partial charge in [-0.1, -0.05) is 36.2 Å². The topological polar surface area (TPSA) is 62.5 Å². The quantitative estimate of drug-likeness (QED) is 0.394. The number of halogens is 5. The summed E-state index contributed by atoms with van der Waals surface area (Å²) in [6, 6.07) is 5.38. The van der Waals surface area contributed by atoms with Gasteiger partial charge in [0.05, 0.1) is 32.6 Å². The predicted octanol–water partition coefficient (Wildman–Crippen LogP) is 6.81. The van der Waals surface area contributed by atoms with Crippen LogP contribution in [0.3, 0.4) is 0 Å². The van der Waals surface area contributed by atoms with E-state index in [2.05, 4.69) is 4.90 Å². The first kappa shape index (κ1) is 26.5. The van der Waals surface area contributed by atoms with E-state index in [1.807, 2.05) is 6.92 Å². The number of benzene rings is 2. The standard InChI is InChI=1S/C26H25Cl2F3N2O3/c1-13-8-17(26(29,30)31)9-19-15(3)11-33(23(13)19)24(34)21-20(27)5-4-16(22(21)28)12-32-7-6-18(25(35)36)14(2)10-32/h4-5,8-9,11,14,18H,6-7,10,12H2,1-3H3,(H,35,36)/t14-,18+/m0/s1. The van der Waals surface area contributed by atoms with Crippen LogP contribution < -0.4 is 0 Å². The van der Waals surface area contributed by atoms with E-state index in [-0.39, 0.29) is 21.5 Å². The fourth-order valence-electron chi connectivity index (χ4n) is 5.07. The summed E-state index contributed by atoms with van der Waals surface area (Å²) in [4.78, 5) is 27.2. The predicted molar refractivity (Wildman–Crippen MR) is 133 cm³/mol. The van der Waals surface area contributed by atoms with Crippen LogP contribution in [0.2, 0.25) is 10.0 Å². The van der Waals surface area contributed by atoms with Crippen molar-refractivity contribution in [3.63, 3.8) is 0 Å². The van der Waals surface area contributed by atoms with E-state index in [4.69, 9.17) is 23.2 Å². The highest BCUT2D eigenvalue weighted by molar-refractivity contribution is 6.40. The van der Waals surface area contributed by atoms with Crippen molar-refractivity contribution in [1.82, 2.24) is 9.47 Å². The minimum Gasteiger partial charge on any atom is -0.481 e. The molecule has 1 saturated heterocycles. The Balaban J connectivity index is 1.70. The van der Waals surface area contributed by atoms with Crippen LogP contribution in [0.4, 0.5) is 13.2 Å². The minimum atomic E-state index is -4.51. The van der Waals surface area contributed by atoms with Crippen LogP contribution in [-0.4, -0.2) is 39.5 Å². The van der Waals surface area contributed by atoms with Gasteiger partial charge in [0.2, 0.25) is 0 Å². The summed E-state index contributed by atoms with van der Waals surface area (Å²) in [5.74, 6) is -1.77. The van der Waals surface area contributed by atoms with Gasteiger partial charge in [-0.15, -0.1) is 0 Å². The van der Waals surface area contributed by atoms with E-state index in [9.17, 15) is 27.9 Å². The fourth-order valence-corrected chi connectivity index (χ4v) is 5.66. The summed E-state index contributed by atoms with van der Waals surface area (Å²) < 4.78 is 41.3. The molecule has 0 saturated carbocycles. The van der Waals surface area contributed by atoms with Crippen molar-refractivity contribution in [2.45, 2.75) is 39.9 Å². The average Bonchev–Trinajstić information content (AvgIpc) is 3.12. The summed E-state index contributed by atoms with van der Waals surface area (Å²) >= 11 is 13.1. The molecule has 192 valence electrons. The number of hydrogen-bond donors (Lipinski definition) is 1. The molecule has 1 aromatic heterocycles. The van der Waals surface area contributed by atoms with Crippen molar-refractivity contribution in [2.24, 2.45) is 11.8 Å². The maximum atomic E-state index is 13.7. The van der Waals surface area contributed by atoms with Gasteiger partial charge in [-0.05, 0) is 67.6 Å². The molecular formula is C26H25Cl2F3N2O3. The van der Waals surface area contributed by atoms with E-state index in [1.165, 1.54) is 17.7 Å². The van der Waals surface area contributed by atoms with Crippen molar-refractivity contribution in [3.05, 3.63) is 68.3 Å². The Bertz CT molecular complexity index is 1370. The van der Waals surface area contributed by atoms with Gasteiger partial charge in [0.1, 0.15) is 0 Å². The number of aryl methyl sites for hydroxylation is 2. The largest absolute Gasteiger partial charge is 0.481 e. The first-order valence-corrected chi connectivity index (χ1v) is 12.2. The number of alkyl halides is 3. The van der Waals surface area contributed by atoms with Gasteiger partial charge in [-0.25, -0.2) is 0 Å². The number of carboxylic acid groups (broad SMARTS) is 1. The molecule has 1 aliphatic heterocycles. The molecule has 0 aliphatic carbocycles. The maximum Gasteiger partial charge on any atom is 0.416 e. The van der Waals surface area contributed by atoms with E-state index in [1.54, 1.807) is 19.1 Å². The number of nitrogens with zero attached hydrogens (tertiary/aromatic N) is 2. The molecule has 0 amide bonds. The molecule has 4 rings (SSSR count). The summed E-state index contributed by atoms with van der Waals surface area (Å²) in [5.41, 5.74) is 1.15. The van der Waals surface area contributed by atoms with Crippen LogP contribution >= 0.6 is 23.2 Å². The monoisotopic (exact) mass is 540 g/mol. The van der Waals surface area contributed by atoms with Gasteiger partial charge in [0, 0.05) is 24.7 Å². The summed E-state index contributed by atoms with van der Waals surface area (Å²) in [6.07, 6.45) is -2.49. The lowest BCUT2D eigenvalue weighted by atomic mass is 9.87. The number of piperidine rings is 1. The Morgan fingerprint density at radius 3 is 2.44 bits per heavy atom. The number of fused-ring (bicyclic) bond motifs is 1. The second kappa shape index (κ2) is 9.72. The van der Waals surface area contributed by atoms with Crippen molar-refractivity contribution in [2.75, 3.05) is 13.1 Å². The molecule has 2 atom stereocenters. The molecule has 3 aromatic rings. The number of aromatic nitrogens is 1. The SMILES string of the molecule is Cc1cn(C(=O)c2c(Cl)ccc(CN3CC[C@@H](C(=O)O)[C@@H](C)C3)c2Cl)c2c(C)cc(C(F)(F)F)cc12. The Morgan fingerprint density at radius 2 is 1.83 bits per heavy atom. The van der Waals surface area contributed by atoms with E-state index in [0.717, 1.165) is 12.1 Å². The lowest BCUT2D eigenvalue weighted by molar-refractivity contribution is -0.145. The second-order valence-corrected chi connectivity index (χ2v) is 10.3. The molecular weight excluding hydrogens is 516 g/mol. The lowest BCUT2D eigenvalue weighted by Gasteiger charge is -2.35. The number of carboxylic acids is 1. The van der Waals surface area contributed by atoms with Crippen LogP contribution in [0.25, 0.3) is 10.9 Å². The van der Waals surface area contributed by atoms with Gasteiger partial charge in [0.25, 0.3) is 5.91 Å². The Labute approximate surface area is 216 Å². The Hall–Kier alpha value is -2.55. The van der Waals surface area contributed by atoms with Gasteiger partial charge in [0.15, 0.2) is 0 Å². The molecule has 1 N–H and O–H groups in total. The average molecular weight is 541 g/mol. The number of aliphatic carboxylic acids is 1. The second-order valence-electron chi connectivity index (χ2n) is 9.52. The van der Waals surface area contributed by atoms with Crippen LogP contribution in [0.1, 0.15) is 46.0 Å². The fraction of sp³-hybridized carbons (Fsp3) is 0.385. The van der Waals surface area contributed by atoms with Gasteiger partial charge >= 0.3 is 12.1 Å². The number of likely N-dealkylation sites (tertiary alicyclic amines) is 1. The lowest BCUT2D eigenvalue weighted by Crippen LogP contribution is -2.41. The number of rotatable bonds is 4. The van der Waals surface area contributed by atoms with Crippen molar-refractivity contribution >= 4 is 46.0 Å². The maximum absolute atomic E-state index is 13.7. The van der Waals surface area contributed by atoms with Crippen LogP contribution in [0.5, 0.6) is 0 Å². The first-order chi connectivity index (χ1) is 16.8. The van der Waals surface area contributed by atoms with E-state index in [0.29, 0.717) is 53.6 Å². The Kier molecular flexibility index (Phi) is 7.16.